The summed E-state index contributed by atoms with van der Waals surface area (Å²) in [5.41, 5.74) is 1.95. The van der Waals surface area contributed by atoms with Crippen LogP contribution in [0.5, 0.6) is 0 Å². The lowest BCUT2D eigenvalue weighted by atomic mass is 9.80. The molecule has 1 fully saturated rings. The third-order valence-corrected chi connectivity index (χ3v) is 7.07. The molecule has 0 aliphatic heterocycles. The van der Waals surface area contributed by atoms with E-state index in [1.54, 1.807) is 0 Å². The fourth-order valence-electron chi connectivity index (χ4n) is 4.67. The SMILES string of the molecule is C[C@@H](Nc1ncnc2nc(NC(CO)c3ccccc3)n(Cc3ccc(C(F)(F)F)cc3)c12)C1CCC1. The molecule has 0 radical (unpaired) electrons. The summed E-state index contributed by atoms with van der Waals surface area (Å²) in [6.45, 7) is 2.19. The highest BCUT2D eigenvalue weighted by Gasteiger charge is 2.30. The summed E-state index contributed by atoms with van der Waals surface area (Å²) < 4.78 is 41.2. The number of fused-ring (bicyclic) bond motifs is 1. The van der Waals surface area contributed by atoms with E-state index in [9.17, 15) is 18.3 Å². The van der Waals surface area contributed by atoms with Gasteiger partial charge in [-0.25, -0.2) is 9.97 Å². The Balaban J connectivity index is 1.55. The second kappa shape index (κ2) is 10.4. The van der Waals surface area contributed by atoms with Crippen LogP contribution in [0.15, 0.2) is 60.9 Å². The Morgan fingerprint density at radius 3 is 2.38 bits per heavy atom. The number of hydrogen-bond acceptors (Lipinski definition) is 6. The fraction of sp³-hybridized carbons (Fsp3) is 0.370. The topological polar surface area (TPSA) is 87.9 Å². The lowest BCUT2D eigenvalue weighted by molar-refractivity contribution is -0.137. The van der Waals surface area contributed by atoms with Gasteiger partial charge < -0.3 is 20.3 Å². The Morgan fingerprint density at radius 2 is 1.76 bits per heavy atom. The van der Waals surface area contributed by atoms with Crippen molar-refractivity contribution in [3.8, 4) is 0 Å². The molecule has 1 unspecified atom stereocenters. The summed E-state index contributed by atoms with van der Waals surface area (Å²) in [6, 6.07) is 14.3. The number of imidazole rings is 1. The van der Waals surface area contributed by atoms with Crippen molar-refractivity contribution in [1.29, 1.82) is 0 Å². The van der Waals surface area contributed by atoms with Gasteiger partial charge >= 0.3 is 6.18 Å². The molecule has 3 N–H and O–H groups in total. The first-order valence-corrected chi connectivity index (χ1v) is 12.4. The number of rotatable bonds is 9. The van der Waals surface area contributed by atoms with Crippen molar-refractivity contribution in [2.24, 2.45) is 5.92 Å². The minimum Gasteiger partial charge on any atom is -0.394 e. The molecule has 0 saturated heterocycles. The van der Waals surface area contributed by atoms with Crippen LogP contribution in [0.4, 0.5) is 24.9 Å². The molecule has 2 aromatic carbocycles. The van der Waals surface area contributed by atoms with E-state index in [4.69, 9.17) is 4.98 Å². The first-order chi connectivity index (χ1) is 17.8. The van der Waals surface area contributed by atoms with Gasteiger partial charge in [-0.1, -0.05) is 48.9 Å². The third kappa shape index (κ3) is 5.39. The monoisotopic (exact) mass is 510 g/mol. The van der Waals surface area contributed by atoms with E-state index < -0.39 is 17.8 Å². The smallest absolute Gasteiger partial charge is 0.394 e. The number of aliphatic hydroxyl groups is 1. The highest BCUT2D eigenvalue weighted by atomic mass is 19.4. The van der Waals surface area contributed by atoms with Crippen LogP contribution in [0.2, 0.25) is 0 Å². The van der Waals surface area contributed by atoms with Gasteiger partial charge in [0.1, 0.15) is 11.8 Å². The summed E-state index contributed by atoms with van der Waals surface area (Å²) in [5.74, 6) is 1.63. The Labute approximate surface area is 212 Å². The number of alkyl halides is 3. The van der Waals surface area contributed by atoms with Gasteiger partial charge in [0, 0.05) is 6.04 Å². The molecule has 1 saturated carbocycles. The van der Waals surface area contributed by atoms with Crippen LogP contribution in [0.3, 0.4) is 0 Å². The number of nitrogens with zero attached hydrogens (tertiary/aromatic N) is 4. The average Bonchev–Trinajstić information content (AvgIpc) is 3.19. The van der Waals surface area contributed by atoms with Gasteiger partial charge in [0.25, 0.3) is 0 Å². The second-order valence-electron chi connectivity index (χ2n) is 9.52. The molecule has 2 heterocycles. The molecule has 2 atom stereocenters. The van der Waals surface area contributed by atoms with E-state index in [0.717, 1.165) is 30.5 Å². The van der Waals surface area contributed by atoms with Crippen LogP contribution in [0.25, 0.3) is 11.2 Å². The predicted octanol–water partition coefficient (Wildman–Crippen LogP) is 5.64. The zero-order chi connectivity index (χ0) is 26.0. The highest BCUT2D eigenvalue weighted by molar-refractivity contribution is 5.85. The number of halogens is 3. The number of nitrogens with one attached hydrogen (secondary N) is 2. The van der Waals surface area contributed by atoms with Gasteiger partial charge in [-0.15, -0.1) is 0 Å². The van der Waals surface area contributed by atoms with Gasteiger partial charge in [-0.3, -0.25) is 0 Å². The van der Waals surface area contributed by atoms with Crippen molar-refractivity contribution in [1.82, 2.24) is 19.5 Å². The zero-order valence-electron chi connectivity index (χ0n) is 20.4. The minimum atomic E-state index is -4.40. The number of aliphatic hydroxyl groups excluding tert-OH is 1. The maximum absolute atomic E-state index is 13.1. The number of benzene rings is 2. The zero-order valence-corrected chi connectivity index (χ0v) is 20.4. The minimum absolute atomic E-state index is 0.178. The first-order valence-electron chi connectivity index (χ1n) is 12.4. The van der Waals surface area contributed by atoms with Gasteiger partial charge in [0.15, 0.2) is 11.5 Å². The van der Waals surface area contributed by atoms with Gasteiger partial charge in [0.2, 0.25) is 5.95 Å². The predicted molar refractivity (Wildman–Crippen MR) is 136 cm³/mol. The molecular formula is C27H29F3N6O. The normalized spacial score (nSPS) is 15.8. The molecule has 0 amide bonds. The second-order valence-corrected chi connectivity index (χ2v) is 9.52. The van der Waals surface area contributed by atoms with Crippen molar-refractivity contribution in [3.63, 3.8) is 0 Å². The van der Waals surface area contributed by atoms with Crippen molar-refractivity contribution in [3.05, 3.63) is 77.6 Å². The van der Waals surface area contributed by atoms with Crippen LogP contribution >= 0.6 is 0 Å². The van der Waals surface area contributed by atoms with Crippen LogP contribution in [0, 0.1) is 5.92 Å². The summed E-state index contributed by atoms with van der Waals surface area (Å²) in [7, 11) is 0. The standard InChI is InChI=1S/C27H29F3N6O/c1-17(19-8-5-9-19)33-24-23-25(32-16-31-24)35-26(34-22(15-37)20-6-3-2-4-7-20)36(23)14-18-10-12-21(13-11-18)27(28,29)30/h2-4,6-7,10-13,16-17,19,22,37H,5,8-9,14-15H2,1H3,(H2,31,32,33,34,35)/t17-,22?/m1/s1. The maximum Gasteiger partial charge on any atom is 0.416 e. The molecule has 10 heteroatoms. The number of aromatic nitrogens is 4. The van der Waals surface area contributed by atoms with Crippen molar-refractivity contribution >= 4 is 22.9 Å². The van der Waals surface area contributed by atoms with E-state index >= 15 is 0 Å². The van der Waals surface area contributed by atoms with E-state index in [1.165, 1.54) is 24.9 Å². The molecule has 0 bridgehead atoms. The fourth-order valence-corrected chi connectivity index (χ4v) is 4.67. The summed E-state index contributed by atoms with van der Waals surface area (Å²) >= 11 is 0. The van der Waals surface area contributed by atoms with Crippen LogP contribution in [-0.4, -0.2) is 37.3 Å². The highest BCUT2D eigenvalue weighted by Crippen LogP contribution is 2.34. The van der Waals surface area contributed by atoms with Crippen molar-refractivity contribution < 1.29 is 18.3 Å². The number of anilines is 2. The van der Waals surface area contributed by atoms with Crippen LogP contribution in [-0.2, 0) is 12.7 Å². The van der Waals surface area contributed by atoms with E-state index in [-0.39, 0.29) is 19.2 Å². The Morgan fingerprint density at radius 1 is 1.03 bits per heavy atom. The first kappa shape index (κ1) is 25.0. The largest absolute Gasteiger partial charge is 0.416 e. The average molecular weight is 511 g/mol. The molecule has 2 aromatic heterocycles. The Hall–Kier alpha value is -3.66. The van der Waals surface area contributed by atoms with E-state index in [1.807, 2.05) is 34.9 Å². The third-order valence-electron chi connectivity index (χ3n) is 7.07. The maximum atomic E-state index is 13.1. The lowest BCUT2D eigenvalue weighted by Gasteiger charge is -2.32. The van der Waals surface area contributed by atoms with Gasteiger partial charge in [0.05, 0.1) is 24.8 Å². The molecule has 4 aromatic rings. The molecule has 5 rings (SSSR count). The lowest BCUT2D eigenvalue weighted by Crippen LogP contribution is -2.31. The molecule has 0 spiro atoms. The summed E-state index contributed by atoms with van der Waals surface area (Å²) in [5, 5.41) is 17.0. The Bertz CT molecular complexity index is 1340. The van der Waals surface area contributed by atoms with Crippen molar-refractivity contribution in [2.75, 3.05) is 17.2 Å². The molecule has 194 valence electrons. The quantitative estimate of drug-likeness (QED) is 0.270. The van der Waals surface area contributed by atoms with E-state index in [2.05, 4.69) is 27.5 Å². The molecule has 37 heavy (non-hydrogen) atoms. The van der Waals surface area contributed by atoms with Crippen LogP contribution in [0.1, 0.15) is 48.9 Å². The molecule has 1 aliphatic rings. The van der Waals surface area contributed by atoms with Gasteiger partial charge in [-0.2, -0.15) is 18.2 Å². The Kier molecular flexibility index (Phi) is 7.01. The van der Waals surface area contributed by atoms with Gasteiger partial charge in [-0.05, 0) is 48.9 Å². The molecule has 7 nitrogen and oxygen atoms in total. The summed E-state index contributed by atoms with van der Waals surface area (Å²) in [4.78, 5) is 13.6. The van der Waals surface area contributed by atoms with E-state index in [0.29, 0.717) is 34.4 Å². The summed E-state index contributed by atoms with van der Waals surface area (Å²) in [6.07, 6.45) is 0.597. The van der Waals surface area contributed by atoms with Crippen LogP contribution < -0.4 is 10.6 Å². The molecular weight excluding hydrogens is 481 g/mol. The van der Waals surface area contributed by atoms with Crippen molar-refractivity contribution in [2.45, 2.75) is 51.0 Å². The number of hydrogen-bond donors (Lipinski definition) is 3. The molecule has 1 aliphatic carbocycles.